The molecule has 1 N–H and O–H groups in total. The molecular weight excluding hydrogens is 476 g/mol. The van der Waals surface area contributed by atoms with E-state index in [1.807, 2.05) is 57.2 Å². The number of aryl methyl sites for hydroxylation is 3. The van der Waals surface area contributed by atoms with Crippen molar-refractivity contribution in [3.8, 4) is 0 Å². The number of nitrogens with one attached hydrogen (secondary N) is 1. The lowest BCUT2D eigenvalue weighted by atomic mass is 10.1. The van der Waals surface area contributed by atoms with Crippen LogP contribution in [0.25, 0.3) is 15.8 Å². The topological polar surface area (TPSA) is 86.1 Å². The third-order valence-corrected chi connectivity index (χ3v) is 6.73. The van der Waals surface area contributed by atoms with Gasteiger partial charge in [0.15, 0.2) is 0 Å². The molecule has 6 nitrogen and oxygen atoms in total. The summed E-state index contributed by atoms with van der Waals surface area (Å²) in [7, 11) is -3.98. The minimum atomic E-state index is -3.98. The highest BCUT2D eigenvalue weighted by atomic mass is 79.9. The van der Waals surface area contributed by atoms with Gasteiger partial charge in [-0.05, 0) is 85.2 Å². The summed E-state index contributed by atoms with van der Waals surface area (Å²) in [6, 6.07) is 18.0. The van der Waals surface area contributed by atoms with Crippen LogP contribution in [0, 0.1) is 20.8 Å². The van der Waals surface area contributed by atoms with Gasteiger partial charge in [0, 0.05) is 10.2 Å². The van der Waals surface area contributed by atoms with Crippen molar-refractivity contribution in [1.82, 2.24) is 9.97 Å². The minimum absolute atomic E-state index is 0.0132. The van der Waals surface area contributed by atoms with Crippen LogP contribution in [0.4, 0.5) is 17.3 Å². The first-order valence-corrected chi connectivity index (χ1v) is 11.8. The molecule has 0 fully saturated rings. The zero-order valence-corrected chi connectivity index (χ0v) is 19.6. The quantitative estimate of drug-likeness (QED) is 0.343. The molecule has 0 aliphatic carbocycles. The van der Waals surface area contributed by atoms with Crippen molar-refractivity contribution < 1.29 is 8.42 Å². The Bertz CT molecular complexity index is 1400. The molecule has 158 valence electrons. The van der Waals surface area contributed by atoms with E-state index < -0.39 is 10.0 Å². The summed E-state index contributed by atoms with van der Waals surface area (Å²) in [4.78, 5) is 9.21. The van der Waals surface area contributed by atoms with Crippen LogP contribution in [-0.2, 0) is 10.0 Å². The normalized spacial score (nSPS) is 11.5. The maximum atomic E-state index is 13.0. The molecule has 4 rings (SSSR count). The van der Waals surface area contributed by atoms with E-state index >= 15 is 0 Å². The summed E-state index contributed by atoms with van der Waals surface area (Å²) in [5.74, 6) is 0.288. The summed E-state index contributed by atoms with van der Waals surface area (Å²) in [5.41, 5.74) is 4.85. The molecule has 0 atom stereocenters. The molecule has 0 amide bonds. The van der Waals surface area contributed by atoms with Crippen LogP contribution in [-0.4, -0.2) is 18.4 Å². The molecule has 1 heterocycles. The first-order valence-electron chi connectivity index (χ1n) is 9.58. The summed E-state index contributed by atoms with van der Waals surface area (Å²) in [6.07, 6.45) is 0. The molecule has 0 bridgehead atoms. The number of hydrogen-bond acceptors (Lipinski definition) is 5. The predicted octanol–water partition coefficient (Wildman–Crippen LogP) is 6.46. The second-order valence-electron chi connectivity index (χ2n) is 7.28. The average molecular weight is 496 g/mol. The number of para-hydroxylation sites is 2. The second-order valence-corrected chi connectivity index (χ2v) is 9.80. The van der Waals surface area contributed by atoms with Gasteiger partial charge in [0.2, 0.25) is 10.0 Å². The molecule has 31 heavy (non-hydrogen) atoms. The lowest BCUT2D eigenvalue weighted by Gasteiger charge is -2.22. The van der Waals surface area contributed by atoms with Crippen molar-refractivity contribution in [2.75, 3.05) is 5.32 Å². The van der Waals surface area contributed by atoms with E-state index in [4.69, 9.17) is 0 Å². The number of anilines is 2. The summed E-state index contributed by atoms with van der Waals surface area (Å²) >= 11 is 3.45. The van der Waals surface area contributed by atoms with Gasteiger partial charge in [0.05, 0.1) is 10.4 Å². The highest BCUT2D eigenvalue weighted by Gasteiger charge is 2.14. The van der Waals surface area contributed by atoms with Crippen molar-refractivity contribution in [1.29, 1.82) is 0 Å². The number of benzene rings is 3. The first kappa shape index (κ1) is 21.3. The van der Waals surface area contributed by atoms with Crippen molar-refractivity contribution >= 4 is 54.3 Å². The van der Waals surface area contributed by atoms with E-state index in [2.05, 4.69) is 35.9 Å². The maximum absolute atomic E-state index is 13.0. The lowest BCUT2D eigenvalue weighted by molar-refractivity contribution is 0.603. The Kier molecular flexibility index (Phi) is 5.68. The number of sulfonamides is 1. The highest BCUT2D eigenvalue weighted by Crippen LogP contribution is 2.35. The fourth-order valence-electron chi connectivity index (χ4n) is 3.07. The first-order chi connectivity index (χ1) is 14.7. The van der Waals surface area contributed by atoms with Gasteiger partial charge in [0.25, 0.3) is 0 Å². The van der Waals surface area contributed by atoms with Gasteiger partial charge in [-0.25, -0.2) is 13.4 Å². The standard InChI is InChI=1S/C23H20BrN4O2S/c1-14-8-10-18(13-15(14)2)31(29,30)28-23-22(25-19-11-9-17(24)12-16(19)3)26-20-6-4-5-7-21(20)27-23/h4-13H,1-3H3,(H-,25,26,27,28)/q-1. The molecule has 3 aromatic carbocycles. The molecule has 0 saturated carbocycles. The fourth-order valence-corrected chi connectivity index (χ4v) is 4.58. The zero-order valence-electron chi connectivity index (χ0n) is 17.2. The van der Waals surface area contributed by atoms with Gasteiger partial charge in [-0.2, -0.15) is 0 Å². The van der Waals surface area contributed by atoms with Crippen molar-refractivity contribution in [3.63, 3.8) is 0 Å². The molecular formula is C23H20BrN4O2S-. The predicted molar refractivity (Wildman–Crippen MR) is 128 cm³/mol. The largest absolute Gasteiger partial charge is 0.431 e. The fraction of sp³-hybridized carbons (Fsp3) is 0.130. The van der Waals surface area contributed by atoms with Crippen LogP contribution in [0.2, 0.25) is 0 Å². The molecule has 0 aliphatic rings. The summed E-state index contributed by atoms with van der Waals surface area (Å²) in [5, 5.41) is 3.20. The Balaban J connectivity index is 1.79. The van der Waals surface area contributed by atoms with Crippen LogP contribution >= 0.6 is 15.9 Å². The van der Waals surface area contributed by atoms with Crippen LogP contribution < -0.4 is 5.32 Å². The Morgan fingerprint density at radius 2 is 1.55 bits per heavy atom. The number of aromatic nitrogens is 2. The summed E-state index contributed by atoms with van der Waals surface area (Å²) in [6.45, 7) is 5.75. The van der Waals surface area contributed by atoms with Crippen molar-refractivity contribution in [2.24, 2.45) is 0 Å². The van der Waals surface area contributed by atoms with Crippen molar-refractivity contribution in [2.45, 2.75) is 25.7 Å². The minimum Gasteiger partial charge on any atom is -0.431 e. The van der Waals surface area contributed by atoms with Crippen LogP contribution in [0.1, 0.15) is 16.7 Å². The molecule has 0 unspecified atom stereocenters. The SMILES string of the molecule is Cc1ccc(S(=O)(=O)[N-]c2nc3ccccc3nc2Nc2ccc(Br)cc2C)cc1C. The molecule has 0 aliphatic heterocycles. The van der Waals surface area contributed by atoms with E-state index in [0.29, 0.717) is 11.0 Å². The average Bonchev–Trinajstić information content (AvgIpc) is 2.72. The lowest BCUT2D eigenvalue weighted by Crippen LogP contribution is -2.04. The number of rotatable bonds is 5. The third-order valence-electron chi connectivity index (χ3n) is 4.98. The van der Waals surface area contributed by atoms with Gasteiger partial charge in [-0.1, -0.05) is 40.2 Å². The van der Waals surface area contributed by atoms with E-state index in [1.54, 1.807) is 24.3 Å². The second kappa shape index (κ2) is 8.28. The van der Waals surface area contributed by atoms with Gasteiger partial charge >= 0.3 is 0 Å². The Morgan fingerprint density at radius 1 is 0.839 bits per heavy atom. The Hall–Kier alpha value is -2.97. The van der Waals surface area contributed by atoms with Gasteiger partial charge < -0.3 is 15.0 Å². The van der Waals surface area contributed by atoms with Gasteiger partial charge in [-0.15, -0.1) is 0 Å². The number of nitrogens with zero attached hydrogens (tertiary/aromatic N) is 3. The molecule has 8 heteroatoms. The monoisotopic (exact) mass is 495 g/mol. The number of halogens is 1. The van der Waals surface area contributed by atoms with E-state index in [1.165, 1.54) is 0 Å². The van der Waals surface area contributed by atoms with Gasteiger partial charge in [-0.3, -0.25) is 0 Å². The zero-order chi connectivity index (χ0) is 22.2. The maximum Gasteiger partial charge on any atom is 0.202 e. The Morgan fingerprint density at radius 3 is 2.23 bits per heavy atom. The van der Waals surface area contributed by atoms with Crippen LogP contribution in [0.3, 0.4) is 0 Å². The number of fused-ring (bicyclic) bond motifs is 1. The Labute approximate surface area is 189 Å². The van der Waals surface area contributed by atoms with E-state index in [0.717, 1.165) is 26.9 Å². The smallest absolute Gasteiger partial charge is 0.202 e. The van der Waals surface area contributed by atoms with E-state index in [-0.39, 0.29) is 16.5 Å². The molecule has 1 aromatic heterocycles. The van der Waals surface area contributed by atoms with Crippen molar-refractivity contribution in [3.05, 3.63) is 86.5 Å². The number of hydrogen-bond donors (Lipinski definition) is 1. The van der Waals surface area contributed by atoms with E-state index in [9.17, 15) is 8.42 Å². The van der Waals surface area contributed by atoms with Crippen LogP contribution in [0.15, 0.2) is 70.0 Å². The molecule has 0 saturated heterocycles. The molecule has 0 spiro atoms. The molecule has 0 radical (unpaired) electrons. The summed E-state index contributed by atoms with van der Waals surface area (Å²) < 4.78 is 31.1. The van der Waals surface area contributed by atoms with Crippen LogP contribution in [0.5, 0.6) is 0 Å². The highest BCUT2D eigenvalue weighted by molar-refractivity contribution is 9.10. The third kappa shape index (κ3) is 4.55. The molecule has 4 aromatic rings. The van der Waals surface area contributed by atoms with Gasteiger partial charge in [0.1, 0.15) is 5.82 Å².